The van der Waals surface area contributed by atoms with Crippen molar-refractivity contribution in [1.29, 1.82) is 0 Å². The maximum atomic E-state index is 13.6. The third-order valence-corrected chi connectivity index (χ3v) is 5.13. The van der Waals surface area contributed by atoms with E-state index in [1.165, 1.54) is 7.11 Å². The second-order valence-corrected chi connectivity index (χ2v) is 7.01. The fourth-order valence-corrected chi connectivity index (χ4v) is 3.31. The molecule has 23 heavy (non-hydrogen) atoms. The van der Waals surface area contributed by atoms with Crippen LogP contribution in [0.25, 0.3) is 0 Å². The Morgan fingerprint density at radius 1 is 1.39 bits per heavy atom. The van der Waals surface area contributed by atoms with Crippen molar-refractivity contribution in [1.82, 2.24) is 5.32 Å². The maximum absolute atomic E-state index is 13.6. The van der Waals surface area contributed by atoms with E-state index in [1.807, 2.05) is 13.1 Å². The lowest BCUT2D eigenvalue weighted by molar-refractivity contribution is -0.139. The van der Waals surface area contributed by atoms with Crippen LogP contribution in [-0.4, -0.2) is 39.3 Å². The summed E-state index contributed by atoms with van der Waals surface area (Å²) >= 11 is 3.18. The number of hydrogen-bond donors (Lipinski definition) is 1. The van der Waals surface area contributed by atoms with Gasteiger partial charge in [-0.2, -0.15) is 0 Å². The van der Waals surface area contributed by atoms with Crippen molar-refractivity contribution in [3.8, 4) is 0 Å². The fraction of sp³-hybridized carbons (Fsp3) is 0.588. The van der Waals surface area contributed by atoms with Gasteiger partial charge in [-0.25, -0.2) is 4.39 Å². The molecule has 1 saturated carbocycles. The van der Waals surface area contributed by atoms with Crippen LogP contribution in [0.2, 0.25) is 0 Å². The van der Waals surface area contributed by atoms with Crippen molar-refractivity contribution < 1.29 is 13.9 Å². The van der Waals surface area contributed by atoms with E-state index in [2.05, 4.69) is 30.9 Å². The molecule has 1 aliphatic carbocycles. The van der Waals surface area contributed by atoms with Crippen molar-refractivity contribution in [2.45, 2.75) is 31.7 Å². The van der Waals surface area contributed by atoms with Crippen LogP contribution < -0.4 is 10.2 Å². The number of carbonyl (C=O) groups excluding carboxylic acids is 1. The number of nitrogens with one attached hydrogen (secondary N) is 1. The molecule has 0 unspecified atom stereocenters. The summed E-state index contributed by atoms with van der Waals surface area (Å²) in [4.78, 5) is 13.3. The number of esters is 1. The zero-order chi connectivity index (χ0) is 16.8. The third kappa shape index (κ3) is 5.46. The van der Waals surface area contributed by atoms with E-state index in [1.54, 1.807) is 12.1 Å². The van der Waals surface area contributed by atoms with Crippen molar-refractivity contribution in [3.63, 3.8) is 0 Å². The van der Waals surface area contributed by atoms with Crippen molar-refractivity contribution >= 4 is 27.6 Å². The molecule has 0 heterocycles. The molecule has 1 fully saturated rings. The normalized spacial score (nSPS) is 21.0. The molecule has 0 atom stereocenters. The number of hydrogen-bond acceptors (Lipinski definition) is 4. The molecule has 1 N–H and O–H groups in total. The van der Waals surface area contributed by atoms with Gasteiger partial charge in [0.1, 0.15) is 5.82 Å². The first-order chi connectivity index (χ1) is 11.0. The predicted molar refractivity (Wildman–Crippen MR) is 93.1 cm³/mol. The molecule has 0 amide bonds. The van der Waals surface area contributed by atoms with Crippen LogP contribution >= 0.6 is 15.9 Å². The summed E-state index contributed by atoms with van der Waals surface area (Å²) in [5.74, 6) is 0.150. The number of nitrogens with zero attached hydrogens (tertiary/aromatic N) is 1. The molecule has 1 aromatic rings. The van der Waals surface area contributed by atoms with Crippen LogP contribution in [0.4, 0.5) is 10.1 Å². The summed E-state index contributed by atoms with van der Waals surface area (Å²) in [5.41, 5.74) is 0.900. The molecule has 1 aliphatic rings. The zero-order valence-corrected chi connectivity index (χ0v) is 15.2. The van der Waals surface area contributed by atoms with Gasteiger partial charge >= 0.3 is 5.97 Å². The highest BCUT2D eigenvalue weighted by atomic mass is 79.9. The standard InChI is InChI=1S/C17H24BrFN2O2/c1-21(14-7-8-15(18)16(19)9-14)11-12-3-5-13(6-4-12)20-10-17(22)23-2/h7-9,12-13,20H,3-6,10-11H2,1-2H3/t12-,13-. The molecule has 0 saturated heterocycles. The Bertz CT molecular complexity index is 533. The Hall–Kier alpha value is -1.14. The van der Waals surface area contributed by atoms with Crippen LogP contribution in [-0.2, 0) is 9.53 Å². The Morgan fingerprint density at radius 2 is 2.09 bits per heavy atom. The number of benzene rings is 1. The average Bonchev–Trinajstić information content (AvgIpc) is 2.56. The van der Waals surface area contributed by atoms with Crippen LogP contribution in [0, 0.1) is 11.7 Å². The van der Waals surface area contributed by atoms with Crippen LogP contribution in [0.3, 0.4) is 0 Å². The maximum Gasteiger partial charge on any atom is 0.319 e. The van der Waals surface area contributed by atoms with Gasteiger partial charge in [0.25, 0.3) is 0 Å². The van der Waals surface area contributed by atoms with Gasteiger partial charge in [-0.3, -0.25) is 4.79 Å². The van der Waals surface area contributed by atoms with Gasteiger partial charge in [0.2, 0.25) is 0 Å². The monoisotopic (exact) mass is 386 g/mol. The van der Waals surface area contributed by atoms with Gasteiger partial charge in [-0.05, 0) is 65.7 Å². The number of carbonyl (C=O) groups is 1. The summed E-state index contributed by atoms with van der Waals surface area (Å²) in [7, 11) is 3.41. The number of methoxy groups -OCH3 is 1. The molecular weight excluding hydrogens is 363 g/mol. The van der Waals surface area contributed by atoms with Crippen LogP contribution in [0.15, 0.2) is 22.7 Å². The Morgan fingerprint density at radius 3 is 2.70 bits per heavy atom. The van der Waals surface area contributed by atoms with E-state index in [-0.39, 0.29) is 18.3 Å². The van der Waals surface area contributed by atoms with Gasteiger partial charge in [0.15, 0.2) is 0 Å². The second kappa shape index (κ2) is 8.64. The largest absolute Gasteiger partial charge is 0.468 e. The molecule has 1 aromatic carbocycles. The topological polar surface area (TPSA) is 41.6 Å². The van der Waals surface area contributed by atoms with Gasteiger partial charge < -0.3 is 15.0 Å². The summed E-state index contributed by atoms with van der Waals surface area (Å²) in [5, 5.41) is 3.25. The quantitative estimate of drug-likeness (QED) is 0.761. The van der Waals surface area contributed by atoms with Gasteiger partial charge in [0, 0.05) is 25.3 Å². The van der Waals surface area contributed by atoms with Crippen molar-refractivity contribution in [3.05, 3.63) is 28.5 Å². The molecule has 0 spiro atoms. The Kier molecular flexibility index (Phi) is 6.84. The summed E-state index contributed by atoms with van der Waals surface area (Å²) in [6.07, 6.45) is 4.35. The lowest BCUT2D eigenvalue weighted by Gasteiger charge is -2.32. The predicted octanol–water partition coefficient (Wildman–Crippen LogP) is 3.35. The first-order valence-corrected chi connectivity index (χ1v) is 8.75. The Balaban J connectivity index is 1.77. The lowest BCUT2D eigenvalue weighted by Crippen LogP contribution is -2.38. The van der Waals surface area contributed by atoms with E-state index >= 15 is 0 Å². The second-order valence-electron chi connectivity index (χ2n) is 6.15. The minimum atomic E-state index is -0.231. The van der Waals surface area contributed by atoms with E-state index < -0.39 is 0 Å². The van der Waals surface area contributed by atoms with Crippen LogP contribution in [0.5, 0.6) is 0 Å². The lowest BCUT2D eigenvalue weighted by atomic mass is 9.85. The molecular formula is C17H24BrFN2O2. The molecule has 0 bridgehead atoms. The first kappa shape index (κ1) is 18.2. The molecule has 0 radical (unpaired) electrons. The highest BCUT2D eigenvalue weighted by molar-refractivity contribution is 9.10. The SMILES string of the molecule is COC(=O)CN[C@H]1CC[C@H](CN(C)c2ccc(Br)c(F)c2)CC1. The van der Waals surface area contributed by atoms with E-state index in [9.17, 15) is 9.18 Å². The fourth-order valence-electron chi connectivity index (χ4n) is 3.06. The minimum absolute atomic E-state index is 0.218. The Labute approximate surface area is 145 Å². The summed E-state index contributed by atoms with van der Waals surface area (Å²) in [6.45, 7) is 1.20. The molecule has 0 aromatic heterocycles. The van der Waals surface area contributed by atoms with Crippen molar-refractivity contribution in [2.75, 3.05) is 32.1 Å². The molecule has 128 valence electrons. The van der Waals surface area contributed by atoms with Crippen molar-refractivity contribution in [2.24, 2.45) is 5.92 Å². The zero-order valence-electron chi connectivity index (χ0n) is 13.6. The van der Waals surface area contributed by atoms with E-state index in [4.69, 9.17) is 0 Å². The smallest absolute Gasteiger partial charge is 0.319 e. The average molecular weight is 387 g/mol. The van der Waals surface area contributed by atoms with Gasteiger partial charge in [0.05, 0.1) is 18.1 Å². The van der Waals surface area contributed by atoms with E-state index in [0.717, 1.165) is 37.9 Å². The van der Waals surface area contributed by atoms with Crippen LogP contribution in [0.1, 0.15) is 25.7 Å². The highest BCUT2D eigenvalue weighted by Crippen LogP contribution is 2.27. The number of ether oxygens (including phenoxy) is 1. The van der Waals surface area contributed by atoms with E-state index in [0.29, 0.717) is 16.4 Å². The molecule has 2 rings (SSSR count). The summed E-state index contributed by atoms with van der Waals surface area (Å²) < 4.78 is 18.8. The molecule has 4 nitrogen and oxygen atoms in total. The minimum Gasteiger partial charge on any atom is -0.468 e. The first-order valence-electron chi connectivity index (χ1n) is 7.96. The highest BCUT2D eigenvalue weighted by Gasteiger charge is 2.22. The third-order valence-electron chi connectivity index (χ3n) is 4.49. The number of anilines is 1. The summed E-state index contributed by atoms with van der Waals surface area (Å²) in [6, 6.07) is 5.62. The van der Waals surface area contributed by atoms with Gasteiger partial charge in [-0.1, -0.05) is 0 Å². The molecule has 6 heteroatoms. The number of halogens is 2. The molecule has 0 aliphatic heterocycles. The van der Waals surface area contributed by atoms with Gasteiger partial charge in [-0.15, -0.1) is 0 Å². The number of rotatable bonds is 6.